The third kappa shape index (κ3) is 2.81. The lowest BCUT2D eigenvalue weighted by molar-refractivity contribution is 0.633. The number of hydrogen-bond donors (Lipinski definition) is 1. The Morgan fingerprint density at radius 3 is 2.67 bits per heavy atom. The summed E-state index contributed by atoms with van der Waals surface area (Å²) in [6.07, 6.45) is 1.89. The van der Waals surface area contributed by atoms with Crippen LogP contribution in [0.2, 0.25) is 0 Å². The molecule has 21 heavy (non-hydrogen) atoms. The Kier molecular flexibility index (Phi) is 3.98. The zero-order valence-electron chi connectivity index (χ0n) is 12.5. The molecule has 2 nitrogen and oxygen atoms in total. The first-order valence-electron chi connectivity index (χ1n) is 7.43. The lowest BCUT2D eigenvalue weighted by Gasteiger charge is -2.21. The molecule has 1 heterocycles. The Hall–Kier alpha value is -2.19. The highest BCUT2D eigenvalue weighted by Crippen LogP contribution is 2.29. The third-order valence-corrected chi connectivity index (χ3v) is 3.80. The maximum absolute atomic E-state index is 4.31. The minimum absolute atomic E-state index is 0.197. The van der Waals surface area contributed by atoms with Crippen LogP contribution in [0.15, 0.2) is 60.8 Å². The minimum atomic E-state index is 0.197. The smallest absolute Gasteiger partial charge is 0.0583 e. The maximum Gasteiger partial charge on any atom is 0.0583 e. The fourth-order valence-corrected chi connectivity index (χ4v) is 2.86. The van der Waals surface area contributed by atoms with Crippen LogP contribution in [0.5, 0.6) is 0 Å². The highest BCUT2D eigenvalue weighted by atomic mass is 14.9. The van der Waals surface area contributed by atoms with Crippen LogP contribution in [-0.2, 0) is 0 Å². The van der Waals surface area contributed by atoms with Crippen LogP contribution < -0.4 is 5.32 Å². The van der Waals surface area contributed by atoms with Gasteiger partial charge in [0.05, 0.1) is 6.04 Å². The van der Waals surface area contributed by atoms with Gasteiger partial charge in [0, 0.05) is 11.9 Å². The van der Waals surface area contributed by atoms with Crippen molar-refractivity contribution in [1.82, 2.24) is 10.3 Å². The number of aryl methyl sites for hydroxylation is 1. The summed E-state index contributed by atoms with van der Waals surface area (Å²) in [5.74, 6) is 0. The van der Waals surface area contributed by atoms with Crippen molar-refractivity contribution in [3.05, 3.63) is 77.6 Å². The molecular formula is C19H20N2. The molecule has 0 amide bonds. The second-order valence-electron chi connectivity index (χ2n) is 5.29. The van der Waals surface area contributed by atoms with E-state index in [1.807, 2.05) is 13.1 Å². The second kappa shape index (κ2) is 6.06. The van der Waals surface area contributed by atoms with E-state index in [-0.39, 0.29) is 6.04 Å². The molecule has 0 aliphatic rings. The SMILES string of the molecule is CCNC(c1ccnc(C)c1)c1cccc2ccccc12. The molecule has 3 rings (SSSR count). The zero-order chi connectivity index (χ0) is 14.7. The zero-order valence-corrected chi connectivity index (χ0v) is 12.5. The van der Waals surface area contributed by atoms with E-state index in [0.717, 1.165) is 12.2 Å². The van der Waals surface area contributed by atoms with Gasteiger partial charge in [-0.25, -0.2) is 0 Å². The van der Waals surface area contributed by atoms with Gasteiger partial charge in [0.2, 0.25) is 0 Å². The molecule has 0 aliphatic heterocycles. The van der Waals surface area contributed by atoms with Gasteiger partial charge in [-0.05, 0) is 47.5 Å². The first-order valence-corrected chi connectivity index (χ1v) is 7.43. The van der Waals surface area contributed by atoms with Crippen LogP contribution in [0.3, 0.4) is 0 Å². The quantitative estimate of drug-likeness (QED) is 0.771. The second-order valence-corrected chi connectivity index (χ2v) is 5.29. The summed E-state index contributed by atoms with van der Waals surface area (Å²) < 4.78 is 0. The van der Waals surface area contributed by atoms with Crippen LogP contribution in [-0.4, -0.2) is 11.5 Å². The number of pyridine rings is 1. The van der Waals surface area contributed by atoms with Gasteiger partial charge in [0.1, 0.15) is 0 Å². The molecule has 0 spiro atoms. The van der Waals surface area contributed by atoms with E-state index in [9.17, 15) is 0 Å². The van der Waals surface area contributed by atoms with E-state index in [0.29, 0.717) is 0 Å². The first-order chi connectivity index (χ1) is 10.3. The van der Waals surface area contributed by atoms with Gasteiger partial charge in [-0.2, -0.15) is 0 Å². The number of rotatable bonds is 4. The van der Waals surface area contributed by atoms with E-state index in [1.165, 1.54) is 21.9 Å². The van der Waals surface area contributed by atoms with Gasteiger partial charge in [0.25, 0.3) is 0 Å². The molecule has 0 aliphatic carbocycles. The summed E-state index contributed by atoms with van der Waals surface area (Å²) in [6.45, 7) is 5.11. The molecule has 1 atom stereocenters. The Labute approximate surface area is 125 Å². The standard InChI is InChI=1S/C19H20N2/c1-3-20-19(16-11-12-21-14(2)13-16)18-10-6-8-15-7-4-5-9-17(15)18/h4-13,19-20H,3H2,1-2H3. The monoisotopic (exact) mass is 276 g/mol. The number of nitrogens with zero attached hydrogens (tertiary/aromatic N) is 1. The molecular weight excluding hydrogens is 256 g/mol. The normalized spacial score (nSPS) is 12.5. The van der Waals surface area contributed by atoms with Crippen LogP contribution in [0.1, 0.15) is 29.8 Å². The average Bonchev–Trinajstić information content (AvgIpc) is 2.52. The molecule has 2 aromatic carbocycles. The predicted molar refractivity (Wildman–Crippen MR) is 88.4 cm³/mol. The summed E-state index contributed by atoms with van der Waals surface area (Å²) in [5.41, 5.74) is 3.64. The molecule has 1 aromatic heterocycles. The molecule has 2 heteroatoms. The van der Waals surface area contributed by atoms with Crippen molar-refractivity contribution in [2.24, 2.45) is 0 Å². The lowest BCUT2D eigenvalue weighted by atomic mass is 9.94. The average molecular weight is 276 g/mol. The summed E-state index contributed by atoms with van der Waals surface area (Å²) in [6, 6.07) is 19.5. The van der Waals surface area contributed by atoms with Gasteiger partial charge in [-0.3, -0.25) is 4.98 Å². The largest absolute Gasteiger partial charge is 0.307 e. The molecule has 0 fully saturated rings. The first kappa shape index (κ1) is 13.8. The summed E-state index contributed by atoms with van der Waals surface area (Å²) in [7, 11) is 0. The van der Waals surface area contributed by atoms with Crippen molar-refractivity contribution in [1.29, 1.82) is 0 Å². The molecule has 0 saturated carbocycles. The predicted octanol–water partition coefficient (Wildman–Crippen LogP) is 4.24. The number of fused-ring (bicyclic) bond motifs is 1. The molecule has 0 saturated heterocycles. The van der Waals surface area contributed by atoms with Crippen LogP contribution in [0.4, 0.5) is 0 Å². The fraction of sp³-hybridized carbons (Fsp3) is 0.211. The molecule has 1 N–H and O–H groups in total. The van der Waals surface area contributed by atoms with E-state index < -0.39 is 0 Å². The van der Waals surface area contributed by atoms with Gasteiger partial charge in [-0.15, -0.1) is 0 Å². The Balaban J connectivity index is 2.16. The van der Waals surface area contributed by atoms with E-state index >= 15 is 0 Å². The Morgan fingerprint density at radius 1 is 1.05 bits per heavy atom. The van der Waals surface area contributed by atoms with E-state index in [4.69, 9.17) is 0 Å². The van der Waals surface area contributed by atoms with Crippen LogP contribution >= 0.6 is 0 Å². The Bertz CT molecular complexity index is 744. The van der Waals surface area contributed by atoms with E-state index in [1.54, 1.807) is 0 Å². The number of aromatic nitrogens is 1. The van der Waals surface area contributed by atoms with Gasteiger partial charge < -0.3 is 5.32 Å². The topological polar surface area (TPSA) is 24.9 Å². The molecule has 106 valence electrons. The minimum Gasteiger partial charge on any atom is -0.307 e. The fourth-order valence-electron chi connectivity index (χ4n) is 2.86. The van der Waals surface area contributed by atoms with Crippen LogP contribution in [0, 0.1) is 6.92 Å². The van der Waals surface area contributed by atoms with Gasteiger partial charge in [-0.1, -0.05) is 49.4 Å². The number of benzene rings is 2. The molecule has 1 unspecified atom stereocenters. The molecule has 0 radical (unpaired) electrons. The Morgan fingerprint density at radius 2 is 1.86 bits per heavy atom. The van der Waals surface area contributed by atoms with Gasteiger partial charge >= 0.3 is 0 Å². The van der Waals surface area contributed by atoms with E-state index in [2.05, 4.69) is 71.8 Å². The van der Waals surface area contributed by atoms with Crippen molar-refractivity contribution in [3.8, 4) is 0 Å². The molecule has 3 aromatic rings. The third-order valence-electron chi connectivity index (χ3n) is 3.80. The highest BCUT2D eigenvalue weighted by Gasteiger charge is 2.15. The van der Waals surface area contributed by atoms with Crippen molar-refractivity contribution in [3.63, 3.8) is 0 Å². The maximum atomic E-state index is 4.31. The van der Waals surface area contributed by atoms with Gasteiger partial charge in [0.15, 0.2) is 0 Å². The summed E-state index contributed by atoms with van der Waals surface area (Å²) in [4.78, 5) is 4.31. The summed E-state index contributed by atoms with van der Waals surface area (Å²) in [5, 5.41) is 6.19. The van der Waals surface area contributed by atoms with Crippen molar-refractivity contribution in [2.75, 3.05) is 6.54 Å². The van der Waals surface area contributed by atoms with Crippen molar-refractivity contribution in [2.45, 2.75) is 19.9 Å². The van der Waals surface area contributed by atoms with Crippen LogP contribution in [0.25, 0.3) is 10.8 Å². The van der Waals surface area contributed by atoms with Crippen molar-refractivity contribution < 1.29 is 0 Å². The number of nitrogens with one attached hydrogen (secondary N) is 1. The number of hydrogen-bond acceptors (Lipinski definition) is 2. The highest BCUT2D eigenvalue weighted by molar-refractivity contribution is 5.86. The lowest BCUT2D eigenvalue weighted by Crippen LogP contribution is -2.22. The summed E-state index contributed by atoms with van der Waals surface area (Å²) >= 11 is 0. The molecule has 0 bridgehead atoms. The van der Waals surface area contributed by atoms with Crippen molar-refractivity contribution >= 4 is 10.8 Å².